The van der Waals surface area contributed by atoms with E-state index < -0.39 is 25.8 Å². The molecule has 0 N–H and O–H groups in total. The summed E-state index contributed by atoms with van der Waals surface area (Å²) in [7, 11) is 0. The average Bonchev–Trinajstić information content (AvgIpc) is 3.80. The van der Waals surface area contributed by atoms with Gasteiger partial charge in [-0.25, -0.2) is 0 Å². The molecule has 0 amide bonds. The van der Waals surface area contributed by atoms with Gasteiger partial charge in [-0.15, -0.1) is 0 Å². The molecule has 2 heteroatoms. The quantitative estimate of drug-likeness (QED) is 0.147. The van der Waals surface area contributed by atoms with Gasteiger partial charge in [-0.2, -0.15) is 0 Å². The van der Waals surface area contributed by atoms with E-state index in [4.69, 9.17) is 0 Å². The van der Waals surface area contributed by atoms with Crippen LogP contribution in [0.5, 0.6) is 0 Å². The van der Waals surface area contributed by atoms with Crippen molar-refractivity contribution in [2.75, 3.05) is 0 Å². The summed E-state index contributed by atoms with van der Waals surface area (Å²) < 4.78 is 0.886. The Morgan fingerprint density at radius 2 is 0.852 bits per heavy atom. The number of allylic oxidation sites excluding steroid dienone is 4. The Balaban J connectivity index is 1.55. The van der Waals surface area contributed by atoms with Crippen LogP contribution in [0.2, 0.25) is 3.63 Å². The summed E-state index contributed by atoms with van der Waals surface area (Å²) in [6.07, 6.45) is 9.81. The Labute approximate surface area is 331 Å². The van der Waals surface area contributed by atoms with Crippen LogP contribution < -0.4 is 10.4 Å². The molecule has 0 atom stereocenters. The zero-order chi connectivity index (χ0) is 37.8. The first-order valence-corrected chi connectivity index (χ1v) is 27.6. The number of hydrogen-bond donors (Lipinski definition) is 0. The molecule has 6 aromatic rings. The molecule has 0 spiro atoms. The fraction of sp³-hybridized carbons (Fsp3) is 0.231. The SMILES string of the molecule is Cc1ccc([Si](c2ccc(C)cc2)=[Zr]([CH]2C=CC=C2)[CH]2c3cc(-c4ccccc4)c(C(C)(C)C)cc3-c3cc(C(C)(C)C)c(-c4ccccc4)cc32)cc1. The Hall–Kier alpha value is -4.10. The van der Waals surface area contributed by atoms with Crippen molar-refractivity contribution in [1.82, 2.24) is 0 Å². The normalized spacial score (nSPS) is 14.0. The van der Waals surface area contributed by atoms with Gasteiger partial charge in [-0.05, 0) is 0 Å². The third-order valence-electron chi connectivity index (χ3n) is 11.5. The monoisotopic (exact) mass is 794 g/mol. The summed E-state index contributed by atoms with van der Waals surface area (Å²) in [6.45, 7) is 18.8. The predicted octanol–water partition coefficient (Wildman–Crippen LogP) is 12.6. The third kappa shape index (κ3) is 6.98. The molecule has 6 aromatic carbocycles. The molecule has 268 valence electrons. The molecule has 0 nitrogen and oxygen atoms in total. The Morgan fingerprint density at radius 1 is 0.463 bits per heavy atom. The summed E-state index contributed by atoms with van der Waals surface area (Å²) in [5.41, 5.74) is 15.8. The van der Waals surface area contributed by atoms with Crippen LogP contribution in [0.3, 0.4) is 0 Å². The molecule has 0 saturated heterocycles. The summed E-state index contributed by atoms with van der Waals surface area (Å²) in [4.78, 5) is 0. The topological polar surface area (TPSA) is 0 Å². The van der Waals surface area contributed by atoms with Gasteiger partial charge in [-0.3, -0.25) is 0 Å². The molecule has 0 radical (unpaired) electrons. The first kappa shape index (κ1) is 36.9. The minimum atomic E-state index is -2.72. The molecule has 0 heterocycles. The fourth-order valence-corrected chi connectivity index (χ4v) is 31.6. The summed E-state index contributed by atoms with van der Waals surface area (Å²) >= 11 is -2.72. The van der Waals surface area contributed by atoms with Gasteiger partial charge in [0.15, 0.2) is 0 Å². The van der Waals surface area contributed by atoms with E-state index in [1.54, 1.807) is 21.5 Å². The van der Waals surface area contributed by atoms with Crippen LogP contribution in [0.25, 0.3) is 33.4 Å². The van der Waals surface area contributed by atoms with Crippen LogP contribution in [-0.2, 0) is 31.2 Å². The Kier molecular flexibility index (Phi) is 9.91. The first-order chi connectivity index (χ1) is 25.9. The second-order valence-corrected chi connectivity index (χ2v) is 31.8. The van der Waals surface area contributed by atoms with E-state index in [0.29, 0.717) is 7.25 Å². The van der Waals surface area contributed by atoms with Crippen LogP contribution >= 0.6 is 0 Å². The molecule has 2 aliphatic carbocycles. The van der Waals surface area contributed by atoms with Gasteiger partial charge < -0.3 is 0 Å². The van der Waals surface area contributed by atoms with Gasteiger partial charge in [-0.1, -0.05) is 0 Å². The second kappa shape index (κ2) is 14.5. The molecule has 0 bridgehead atoms. The molecule has 54 heavy (non-hydrogen) atoms. The first-order valence-electron chi connectivity index (χ1n) is 19.6. The zero-order valence-electron chi connectivity index (χ0n) is 33.2. The van der Waals surface area contributed by atoms with Crippen LogP contribution in [0.15, 0.2) is 158 Å². The van der Waals surface area contributed by atoms with Crippen LogP contribution in [0.1, 0.15) is 78.5 Å². The van der Waals surface area contributed by atoms with Crippen LogP contribution in [0.4, 0.5) is 0 Å². The van der Waals surface area contributed by atoms with E-state index in [0.717, 1.165) is 0 Å². The second-order valence-electron chi connectivity index (χ2n) is 17.5. The van der Waals surface area contributed by atoms with Gasteiger partial charge in [0.2, 0.25) is 0 Å². The predicted molar refractivity (Wildman–Crippen MR) is 231 cm³/mol. The standard InChI is InChI=1S/C33H33.C14H14Si.C5H5.Zr/c1-32(2,3)30-20-26-24(18-28(30)22-13-9-7-10-14-22)17-25-19-29(23-15-11-8-12-16-23)31(21-27(25)26)33(4,5)6;1-11-3-7-13(8-4-11)15-14-9-5-12(2)6-10-14;1-2-4-5-3-1;/h7-21H,1-6H3;3-10H,1-2H3;1-5H;. The van der Waals surface area contributed by atoms with E-state index in [-0.39, 0.29) is 10.8 Å². The van der Waals surface area contributed by atoms with Crippen molar-refractivity contribution in [2.24, 2.45) is 0 Å². The molecular weight excluding hydrogens is 744 g/mol. The van der Waals surface area contributed by atoms with E-state index in [2.05, 4.69) is 213 Å². The van der Waals surface area contributed by atoms with Gasteiger partial charge >= 0.3 is 334 Å². The maximum atomic E-state index is 2.67. The molecule has 0 unspecified atom stereocenters. The third-order valence-corrected chi connectivity index (χ3v) is 31.8. The summed E-state index contributed by atoms with van der Waals surface area (Å²) in [5, 5.41) is 3.13. The number of rotatable bonds is 6. The summed E-state index contributed by atoms with van der Waals surface area (Å²) in [6, 6.07) is 52.3. The van der Waals surface area contributed by atoms with Gasteiger partial charge in [0.1, 0.15) is 0 Å². The molecule has 0 fully saturated rings. The molecule has 2 aliphatic rings. The Bertz CT molecular complexity index is 2270. The zero-order valence-corrected chi connectivity index (χ0v) is 36.6. The molecule has 0 aliphatic heterocycles. The van der Waals surface area contributed by atoms with Crippen molar-refractivity contribution in [3.8, 4) is 33.4 Å². The van der Waals surface area contributed by atoms with E-state index in [1.165, 1.54) is 55.6 Å². The van der Waals surface area contributed by atoms with Crippen molar-refractivity contribution in [1.29, 1.82) is 0 Å². The molecule has 0 saturated carbocycles. The average molecular weight is 796 g/mol. The Morgan fingerprint density at radius 3 is 1.22 bits per heavy atom. The van der Waals surface area contributed by atoms with E-state index in [9.17, 15) is 0 Å². The fourth-order valence-electron chi connectivity index (χ4n) is 8.72. The number of benzene rings is 6. The molecular formula is C52H52SiZr. The van der Waals surface area contributed by atoms with Crippen molar-refractivity contribution in [3.05, 3.63) is 191 Å². The van der Waals surface area contributed by atoms with Gasteiger partial charge in [0.05, 0.1) is 0 Å². The van der Waals surface area contributed by atoms with Crippen molar-refractivity contribution in [3.63, 3.8) is 0 Å². The van der Waals surface area contributed by atoms with Gasteiger partial charge in [0.25, 0.3) is 0 Å². The number of fused-ring (bicyclic) bond motifs is 3. The van der Waals surface area contributed by atoms with Crippen molar-refractivity contribution < 1.29 is 20.4 Å². The van der Waals surface area contributed by atoms with E-state index >= 15 is 0 Å². The summed E-state index contributed by atoms with van der Waals surface area (Å²) in [5.74, 6) is 0. The molecule has 8 rings (SSSR count). The minimum absolute atomic E-state index is 0.0213. The van der Waals surface area contributed by atoms with Gasteiger partial charge in [0, 0.05) is 0 Å². The van der Waals surface area contributed by atoms with Crippen molar-refractivity contribution >= 4 is 15.8 Å². The number of hydrogen-bond acceptors (Lipinski definition) is 0. The van der Waals surface area contributed by atoms with Crippen LogP contribution in [-0.4, -0.2) is 5.43 Å². The van der Waals surface area contributed by atoms with Crippen LogP contribution in [0, 0.1) is 13.8 Å². The van der Waals surface area contributed by atoms with E-state index in [1.807, 2.05) is 0 Å². The number of aryl methyl sites for hydroxylation is 2. The van der Waals surface area contributed by atoms with Crippen molar-refractivity contribution in [2.45, 2.75) is 73.5 Å². The molecule has 0 aromatic heterocycles. The maximum absolute atomic E-state index is 2.72.